The van der Waals surface area contributed by atoms with Crippen molar-refractivity contribution in [3.8, 4) is 16.3 Å². The average Bonchev–Trinajstić information content (AvgIpc) is 3.21. The molecule has 3 aromatic rings. The van der Waals surface area contributed by atoms with Gasteiger partial charge < -0.3 is 11.1 Å². The van der Waals surface area contributed by atoms with Crippen molar-refractivity contribution >= 4 is 17.2 Å². The monoisotopic (exact) mass is 366 g/mol. The molecule has 1 amide bonds. The van der Waals surface area contributed by atoms with Gasteiger partial charge in [0, 0.05) is 6.54 Å². The van der Waals surface area contributed by atoms with E-state index in [4.69, 9.17) is 5.73 Å². The van der Waals surface area contributed by atoms with Crippen LogP contribution in [-0.4, -0.2) is 27.8 Å². The lowest BCUT2D eigenvalue weighted by Gasteiger charge is -2.29. The number of rotatable bonds is 6. The summed E-state index contributed by atoms with van der Waals surface area (Å²) in [4.78, 5) is 14.0. The normalized spacial score (nSPS) is 16.2. The summed E-state index contributed by atoms with van der Waals surface area (Å²) in [6, 6.07) is 15.8. The lowest BCUT2D eigenvalue weighted by atomic mass is 9.96. The summed E-state index contributed by atoms with van der Waals surface area (Å²) in [6.45, 7) is 2.46. The highest BCUT2D eigenvalue weighted by Gasteiger charge is 2.42. The quantitative estimate of drug-likeness (QED) is 0.702. The Labute approximate surface area is 156 Å². The number of hydrogen-bond donors (Lipinski definition) is 2. The van der Waals surface area contributed by atoms with E-state index in [0.29, 0.717) is 18.2 Å². The number of nitrogens with two attached hydrogens (primary N) is 1. The van der Waals surface area contributed by atoms with E-state index < -0.39 is 0 Å². The first-order valence-electron chi connectivity index (χ1n) is 8.83. The van der Waals surface area contributed by atoms with Gasteiger partial charge in [-0.25, -0.2) is 4.68 Å². The van der Waals surface area contributed by atoms with Gasteiger partial charge in [0.2, 0.25) is 0 Å². The third kappa shape index (κ3) is 3.18. The van der Waals surface area contributed by atoms with Crippen molar-refractivity contribution in [2.24, 2.45) is 11.7 Å². The molecule has 1 atom stereocenters. The summed E-state index contributed by atoms with van der Waals surface area (Å²) in [5, 5.41) is 9.75. The van der Waals surface area contributed by atoms with E-state index >= 15 is 0 Å². The molecule has 3 N–H and O–H groups in total. The average molecular weight is 366 g/mol. The van der Waals surface area contributed by atoms with Gasteiger partial charge in [0.25, 0.3) is 5.91 Å². The highest BCUT2D eigenvalue weighted by Crippen LogP contribution is 2.39. The first kappa shape index (κ1) is 17.0. The van der Waals surface area contributed by atoms with Gasteiger partial charge in [-0.05, 0) is 55.3 Å². The fourth-order valence-corrected chi connectivity index (χ4v) is 3.95. The minimum Gasteiger partial charge on any atom is -0.344 e. The van der Waals surface area contributed by atoms with E-state index in [9.17, 15) is 4.79 Å². The SMILES string of the molecule is CC(CN)(NC(=O)c1cc(-c2cccs2)n(-c2ccccc2)n1)C1CC1. The van der Waals surface area contributed by atoms with E-state index in [2.05, 4.69) is 10.4 Å². The number of nitrogens with zero attached hydrogens (tertiary/aromatic N) is 2. The number of hydrogen-bond acceptors (Lipinski definition) is 4. The summed E-state index contributed by atoms with van der Waals surface area (Å²) in [5.41, 5.74) is 7.83. The summed E-state index contributed by atoms with van der Waals surface area (Å²) >= 11 is 1.63. The molecule has 4 rings (SSSR count). The molecule has 1 aromatic carbocycles. The Morgan fingerprint density at radius 3 is 2.69 bits per heavy atom. The minimum atomic E-state index is -0.364. The van der Waals surface area contributed by atoms with Crippen LogP contribution in [0.15, 0.2) is 53.9 Å². The summed E-state index contributed by atoms with van der Waals surface area (Å²) in [6.07, 6.45) is 2.24. The second kappa shape index (κ2) is 6.70. The smallest absolute Gasteiger partial charge is 0.272 e. The minimum absolute atomic E-state index is 0.169. The van der Waals surface area contributed by atoms with E-state index in [0.717, 1.165) is 29.1 Å². The van der Waals surface area contributed by atoms with Gasteiger partial charge >= 0.3 is 0 Å². The molecule has 0 radical (unpaired) electrons. The molecular weight excluding hydrogens is 344 g/mol. The van der Waals surface area contributed by atoms with Crippen LogP contribution in [0.2, 0.25) is 0 Å². The fraction of sp³-hybridized carbons (Fsp3) is 0.300. The van der Waals surface area contributed by atoms with Crippen LogP contribution in [0.25, 0.3) is 16.3 Å². The van der Waals surface area contributed by atoms with Crippen molar-refractivity contribution in [2.75, 3.05) is 6.54 Å². The van der Waals surface area contributed by atoms with E-state index in [-0.39, 0.29) is 11.4 Å². The molecule has 1 fully saturated rings. The highest BCUT2D eigenvalue weighted by atomic mass is 32.1. The largest absolute Gasteiger partial charge is 0.344 e. The molecule has 0 aliphatic heterocycles. The zero-order valence-corrected chi connectivity index (χ0v) is 15.5. The Hall–Kier alpha value is -2.44. The van der Waals surface area contributed by atoms with Crippen LogP contribution in [0.3, 0.4) is 0 Å². The second-order valence-corrected chi connectivity index (χ2v) is 7.94. The number of carbonyl (C=O) groups excluding carboxylic acids is 1. The van der Waals surface area contributed by atoms with Crippen LogP contribution in [0.4, 0.5) is 0 Å². The zero-order valence-electron chi connectivity index (χ0n) is 14.7. The Morgan fingerprint density at radius 2 is 2.08 bits per heavy atom. The Morgan fingerprint density at radius 1 is 1.31 bits per heavy atom. The molecule has 0 spiro atoms. The third-order valence-electron chi connectivity index (χ3n) is 5.02. The fourth-order valence-electron chi connectivity index (χ4n) is 3.22. The maximum absolute atomic E-state index is 12.9. The summed E-state index contributed by atoms with van der Waals surface area (Å²) in [7, 11) is 0. The maximum atomic E-state index is 12.9. The number of carbonyl (C=O) groups is 1. The van der Waals surface area contributed by atoms with Gasteiger partial charge in [0.15, 0.2) is 5.69 Å². The Bertz CT molecular complexity index is 899. The molecule has 2 heterocycles. The molecular formula is C20H22N4OS. The molecule has 2 aromatic heterocycles. The van der Waals surface area contributed by atoms with Gasteiger partial charge in [0.05, 0.1) is 21.8 Å². The summed E-state index contributed by atoms with van der Waals surface area (Å²) < 4.78 is 1.83. The van der Waals surface area contributed by atoms with Gasteiger partial charge in [-0.3, -0.25) is 4.79 Å². The number of aromatic nitrogens is 2. The lowest BCUT2D eigenvalue weighted by Crippen LogP contribution is -2.53. The lowest BCUT2D eigenvalue weighted by molar-refractivity contribution is 0.0892. The van der Waals surface area contributed by atoms with E-state index in [1.54, 1.807) is 11.3 Å². The topological polar surface area (TPSA) is 72.9 Å². The number of benzene rings is 1. The molecule has 5 nitrogen and oxygen atoms in total. The second-order valence-electron chi connectivity index (χ2n) is 6.99. The predicted molar refractivity (Wildman–Crippen MR) is 105 cm³/mol. The first-order chi connectivity index (χ1) is 12.6. The molecule has 1 aliphatic rings. The van der Waals surface area contributed by atoms with Gasteiger partial charge in [-0.2, -0.15) is 5.10 Å². The van der Waals surface area contributed by atoms with Crippen molar-refractivity contribution in [1.29, 1.82) is 0 Å². The number of nitrogens with one attached hydrogen (secondary N) is 1. The maximum Gasteiger partial charge on any atom is 0.272 e. The number of thiophene rings is 1. The molecule has 1 unspecified atom stereocenters. The van der Waals surface area contributed by atoms with Crippen molar-refractivity contribution in [3.05, 3.63) is 59.6 Å². The van der Waals surface area contributed by atoms with Crippen LogP contribution in [0.5, 0.6) is 0 Å². The molecule has 134 valence electrons. The molecule has 1 aliphatic carbocycles. The molecule has 0 bridgehead atoms. The van der Waals surface area contributed by atoms with Crippen LogP contribution in [0, 0.1) is 5.92 Å². The molecule has 1 saturated carbocycles. The van der Waals surface area contributed by atoms with Crippen LogP contribution >= 0.6 is 11.3 Å². The van der Waals surface area contributed by atoms with E-state index in [1.807, 2.05) is 65.5 Å². The number of para-hydroxylation sites is 1. The van der Waals surface area contributed by atoms with Crippen LogP contribution in [-0.2, 0) is 0 Å². The standard InChI is InChI=1S/C20H22N4OS/c1-20(13-21,14-9-10-14)22-19(25)16-12-17(18-8-5-11-26-18)24(23-16)15-6-3-2-4-7-15/h2-8,11-12,14H,9-10,13,21H2,1H3,(H,22,25). The van der Waals surface area contributed by atoms with E-state index in [1.165, 1.54) is 0 Å². The highest BCUT2D eigenvalue weighted by molar-refractivity contribution is 7.13. The van der Waals surface area contributed by atoms with Crippen molar-refractivity contribution in [1.82, 2.24) is 15.1 Å². The third-order valence-corrected chi connectivity index (χ3v) is 5.91. The zero-order chi connectivity index (χ0) is 18.1. The van der Waals surface area contributed by atoms with Crippen molar-refractivity contribution in [3.63, 3.8) is 0 Å². The van der Waals surface area contributed by atoms with Gasteiger partial charge in [0.1, 0.15) is 0 Å². The first-order valence-corrected chi connectivity index (χ1v) is 9.70. The van der Waals surface area contributed by atoms with Crippen LogP contribution < -0.4 is 11.1 Å². The predicted octanol–water partition coefficient (Wildman–Crippen LogP) is 3.46. The number of amides is 1. The Kier molecular flexibility index (Phi) is 4.38. The van der Waals surface area contributed by atoms with Gasteiger partial charge in [-0.1, -0.05) is 24.3 Å². The molecule has 0 saturated heterocycles. The van der Waals surface area contributed by atoms with Gasteiger partial charge in [-0.15, -0.1) is 11.3 Å². The van der Waals surface area contributed by atoms with Crippen LogP contribution in [0.1, 0.15) is 30.3 Å². The van der Waals surface area contributed by atoms with Crippen molar-refractivity contribution in [2.45, 2.75) is 25.3 Å². The van der Waals surface area contributed by atoms with Crippen molar-refractivity contribution < 1.29 is 4.79 Å². The summed E-state index contributed by atoms with van der Waals surface area (Å²) in [5.74, 6) is 0.293. The molecule has 26 heavy (non-hydrogen) atoms. The molecule has 6 heteroatoms. The Balaban J connectivity index is 1.70.